The number of oxazole rings is 1. The molecule has 0 radical (unpaired) electrons. The first-order valence-corrected chi connectivity index (χ1v) is 5.56. The van der Waals surface area contributed by atoms with E-state index in [0.29, 0.717) is 11.7 Å². The molecular formula is C11H18N2O2. The molecule has 1 fully saturated rings. The van der Waals surface area contributed by atoms with Gasteiger partial charge >= 0.3 is 0 Å². The number of aliphatic hydroxyl groups is 1. The van der Waals surface area contributed by atoms with Gasteiger partial charge in [-0.15, -0.1) is 0 Å². The van der Waals surface area contributed by atoms with Crippen LogP contribution in [-0.4, -0.2) is 23.7 Å². The van der Waals surface area contributed by atoms with Crippen LogP contribution >= 0.6 is 0 Å². The van der Waals surface area contributed by atoms with E-state index < -0.39 is 0 Å². The first-order chi connectivity index (χ1) is 7.29. The minimum absolute atomic E-state index is 0.0548. The first-order valence-electron chi connectivity index (χ1n) is 5.56. The highest BCUT2D eigenvalue weighted by molar-refractivity contribution is 5.25. The summed E-state index contributed by atoms with van der Waals surface area (Å²) < 4.78 is 5.28. The predicted molar refractivity (Wildman–Crippen MR) is 57.7 cm³/mol. The second-order valence-corrected chi connectivity index (χ2v) is 4.31. The molecule has 2 rings (SSSR count). The molecule has 1 heterocycles. The highest BCUT2D eigenvalue weighted by atomic mass is 16.4. The normalized spacial score (nSPS) is 17.2. The monoisotopic (exact) mass is 210 g/mol. The number of anilines is 1. The lowest BCUT2D eigenvalue weighted by Gasteiger charge is -2.18. The largest absolute Gasteiger partial charge is 0.432 e. The van der Waals surface area contributed by atoms with Crippen molar-refractivity contribution >= 4 is 6.01 Å². The number of aromatic nitrogens is 1. The zero-order valence-electron chi connectivity index (χ0n) is 9.15. The fourth-order valence-corrected chi connectivity index (χ4v) is 2.20. The van der Waals surface area contributed by atoms with Gasteiger partial charge in [0.1, 0.15) is 12.0 Å². The maximum Gasteiger partial charge on any atom is 0.297 e. The summed E-state index contributed by atoms with van der Waals surface area (Å²) >= 11 is 0. The van der Waals surface area contributed by atoms with E-state index in [0.717, 1.165) is 12.5 Å². The van der Waals surface area contributed by atoms with Crippen LogP contribution in [0.4, 0.5) is 6.01 Å². The molecule has 0 atom stereocenters. The van der Waals surface area contributed by atoms with Crippen molar-refractivity contribution in [3.05, 3.63) is 12.0 Å². The van der Waals surface area contributed by atoms with Crippen LogP contribution < -0.4 is 4.90 Å². The second kappa shape index (κ2) is 4.66. The smallest absolute Gasteiger partial charge is 0.297 e. The van der Waals surface area contributed by atoms with E-state index in [9.17, 15) is 0 Å². The third kappa shape index (κ3) is 2.50. The molecule has 1 saturated carbocycles. The lowest BCUT2D eigenvalue weighted by atomic mass is 10.1. The van der Waals surface area contributed by atoms with Gasteiger partial charge in [-0.05, 0) is 18.8 Å². The average molecular weight is 210 g/mol. The average Bonchev–Trinajstić information content (AvgIpc) is 2.86. The van der Waals surface area contributed by atoms with Crippen molar-refractivity contribution in [2.45, 2.75) is 32.3 Å². The summed E-state index contributed by atoms with van der Waals surface area (Å²) in [6, 6.07) is 0.617. The number of aliphatic hydroxyl groups excluding tert-OH is 1. The van der Waals surface area contributed by atoms with Gasteiger partial charge in [-0.3, -0.25) is 0 Å². The Kier molecular flexibility index (Phi) is 3.26. The molecule has 1 aliphatic rings. The number of hydrogen-bond acceptors (Lipinski definition) is 4. The van der Waals surface area contributed by atoms with Gasteiger partial charge in [-0.1, -0.05) is 12.8 Å². The Morgan fingerprint density at radius 3 is 2.87 bits per heavy atom. The molecule has 0 aliphatic heterocycles. The van der Waals surface area contributed by atoms with E-state index in [2.05, 4.69) is 4.98 Å². The number of nitrogens with zero attached hydrogens (tertiary/aromatic N) is 2. The molecule has 0 unspecified atom stereocenters. The van der Waals surface area contributed by atoms with Crippen molar-refractivity contribution in [3.8, 4) is 0 Å². The molecule has 0 amide bonds. The summed E-state index contributed by atoms with van der Waals surface area (Å²) in [6.07, 6.45) is 6.86. The molecule has 1 aliphatic carbocycles. The van der Waals surface area contributed by atoms with Crippen LogP contribution in [0, 0.1) is 5.92 Å². The molecule has 0 bridgehead atoms. The fraction of sp³-hybridized carbons (Fsp3) is 0.727. The van der Waals surface area contributed by atoms with Gasteiger partial charge in [0.15, 0.2) is 0 Å². The van der Waals surface area contributed by atoms with Crippen LogP contribution in [0.1, 0.15) is 31.4 Å². The summed E-state index contributed by atoms with van der Waals surface area (Å²) in [4.78, 5) is 6.22. The fourth-order valence-electron chi connectivity index (χ4n) is 2.20. The van der Waals surface area contributed by atoms with Crippen LogP contribution in [0.2, 0.25) is 0 Å². The van der Waals surface area contributed by atoms with E-state index >= 15 is 0 Å². The Balaban J connectivity index is 1.91. The van der Waals surface area contributed by atoms with Crippen molar-refractivity contribution in [2.24, 2.45) is 5.92 Å². The molecule has 1 aromatic heterocycles. The molecule has 0 saturated heterocycles. The van der Waals surface area contributed by atoms with Gasteiger partial charge < -0.3 is 14.4 Å². The maximum atomic E-state index is 8.88. The second-order valence-electron chi connectivity index (χ2n) is 4.31. The SMILES string of the molecule is CN(CC1CCCC1)c1nc(CO)co1. The Morgan fingerprint density at radius 2 is 2.27 bits per heavy atom. The van der Waals surface area contributed by atoms with Crippen molar-refractivity contribution < 1.29 is 9.52 Å². The Labute approximate surface area is 89.9 Å². The van der Waals surface area contributed by atoms with Crippen molar-refractivity contribution in [1.29, 1.82) is 0 Å². The van der Waals surface area contributed by atoms with Crippen LogP contribution in [0.3, 0.4) is 0 Å². The predicted octanol–water partition coefficient (Wildman–Crippen LogP) is 1.79. The molecule has 84 valence electrons. The quantitative estimate of drug-likeness (QED) is 0.823. The Bertz CT molecular complexity index is 305. The zero-order chi connectivity index (χ0) is 10.7. The Hall–Kier alpha value is -1.03. The maximum absolute atomic E-state index is 8.88. The van der Waals surface area contributed by atoms with Crippen molar-refractivity contribution in [2.75, 3.05) is 18.5 Å². The van der Waals surface area contributed by atoms with Crippen LogP contribution in [-0.2, 0) is 6.61 Å². The third-order valence-corrected chi connectivity index (χ3v) is 3.03. The molecular weight excluding hydrogens is 192 g/mol. The topological polar surface area (TPSA) is 49.5 Å². The van der Waals surface area contributed by atoms with Crippen molar-refractivity contribution in [1.82, 2.24) is 4.98 Å². The van der Waals surface area contributed by atoms with Gasteiger partial charge in [-0.25, -0.2) is 0 Å². The standard InChI is InChI=1S/C11H18N2O2/c1-13(6-9-4-2-3-5-9)11-12-10(7-14)8-15-11/h8-9,14H,2-7H2,1H3. The van der Waals surface area contributed by atoms with Crippen LogP contribution in [0.25, 0.3) is 0 Å². The minimum Gasteiger partial charge on any atom is -0.432 e. The summed E-state index contributed by atoms with van der Waals surface area (Å²) in [7, 11) is 1.99. The number of rotatable bonds is 4. The molecule has 15 heavy (non-hydrogen) atoms. The van der Waals surface area contributed by atoms with Crippen LogP contribution in [0.5, 0.6) is 0 Å². The number of hydrogen-bond donors (Lipinski definition) is 1. The third-order valence-electron chi connectivity index (χ3n) is 3.03. The van der Waals surface area contributed by atoms with Gasteiger partial charge in [0.05, 0.1) is 6.61 Å². The van der Waals surface area contributed by atoms with Crippen molar-refractivity contribution in [3.63, 3.8) is 0 Å². The molecule has 1 aromatic rings. The van der Waals surface area contributed by atoms with E-state index in [1.807, 2.05) is 11.9 Å². The summed E-state index contributed by atoms with van der Waals surface area (Å²) in [5, 5.41) is 8.88. The molecule has 0 aromatic carbocycles. The molecule has 1 N–H and O–H groups in total. The van der Waals surface area contributed by atoms with Gasteiger partial charge in [0.25, 0.3) is 6.01 Å². The molecule has 4 nitrogen and oxygen atoms in total. The van der Waals surface area contributed by atoms with Gasteiger partial charge in [0.2, 0.25) is 0 Å². The van der Waals surface area contributed by atoms with E-state index in [1.165, 1.54) is 31.9 Å². The Morgan fingerprint density at radius 1 is 1.53 bits per heavy atom. The van der Waals surface area contributed by atoms with Gasteiger partial charge in [0, 0.05) is 13.6 Å². The zero-order valence-corrected chi connectivity index (χ0v) is 9.15. The van der Waals surface area contributed by atoms with E-state index in [1.54, 1.807) is 0 Å². The van der Waals surface area contributed by atoms with E-state index in [4.69, 9.17) is 9.52 Å². The highest BCUT2D eigenvalue weighted by Gasteiger charge is 2.18. The van der Waals surface area contributed by atoms with E-state index in [-0.39, 0.29) is 6.61 Å². The highest BCUT2D eigenvalue weighted by Crippen LogP contribution is 2.26. The van der Waals surface area contributed by atoms with Gasteiger partial charge in [-0.2, -0.15) is 4.98 Å². The first kappa shape index (κ1) is 10.5. The summed E-state index contributed by atoms with van der Waals surface area (Å²) in [5.74, 6) is 0.777. The molecule has 0 spiro atoms. The summed E-state index contributed by atoms with van der Waals surface area (Å²) in [5.41, 5.74) is 0.600. The lowest BCUT2D eigenvalue weighted by molar-refractivity contribution is 0.276. The summed E-state index contributed by atoms with van der Waals surface area (Å²) in [6.45, 7) is 0.951. The molecule has 4 heteroatoms. The minimum atomic E-state index is -0.0548. The lowest BCUT2D eigenvalue weighted by Crippen LogP contribution is -2.24. The van der Waals surface area contributed by atoms with Crippen LogP contribution in [0.15, 0.2) is 10.7 Å².